The van der Waals surface area contributed by atoms with Crippen LogP contribution in [0.1, 0.15) is 0 Å². The molecule has 0 saturated heterocycles. The van der Waals surface area contributed by atoms with E-state index in [1.54, 1.807) is 12.1 Å². The van der Waals surface area contributed by atoms with Gasteiger partial charge in [0, 0.05) is 22.5 Å². The van der Waals surface area contributed by atoms with Gasteiger partial charge in [-0.15, -0.1) is 0 Å². The zero-order valence-corrected chi connectivity index (χ0v) is 17.1. The van der Waals surface area contributed by atoms with E-state index in [1.165, 1.54) is 17.7 Å². The molecule has 0 spiro atoms. The predicted molar refractivity (Wildman–Crippen MR) is 128 cm³/mol. The number of halogens is 1. The van der Waals surface area contributed by atoms with Gasteiger partial charge in [-0.2, -0.15) is 0 Å². The quantitative estimate of drug-likeness (QED) is 0.292. The highest BCUT2D eigenvalue weighted by Gasteiger charge is 2.11. The van der Waals surface area contributed by atoms with Crippen LogP contribution in [0, 0.1) is 5.82 Å². The second-order valence-electron chi connectivity index (χ2n) is 7.83. The second kappa shape index (κ2) is 7.47. The molecular formula is C29H18FNO. The molecule has 0 aliphatic heterocycles. The van der Waals surface area contributed by atoms with Crippen LogP contribution in [0.15, 0.2) is 114 Å². The molecule has 3 heteroatoms. The van der Waals surface area contributed by atoms with Gasteiger partial charge < -0.3 is 4.42 Å². The number of pyridine rings is 1. The van der Waals surface area contributed by atoms with Gasteiger partial charge in [0.1, 0.15) is 17.0 Å². The molecule has 6 aromatic rings. The van der Waals surface area contributed by atoms with Gasteiger partial charge in [-0.25, -0.2) is 4.39 Å². The Morgan fingerprint density at radius 3 is 2.09 bits per heavy atom. The molecule has 0 fully saturated rings. The highest BCUT2D eigenvalue weighted by molar-refractivity contribution is 6.07. The van der Waals surface area contributed by atoms with Crippen molar-refractivity contribution < 1.29 is 8.81 Å². The van der Waals surface area contributed by atoms with Crippen LogP contribution in [0.25, 0.3) is 55.4 Å². The van der Waals surface area contributed by atoms with Gasteiger partial charge in [0.25, 0.3) is 0 Å². The Kier molecular flexibility index (Phi) is 4.32. The molecule has 0 atom stereocenters. The molecule has 6 rings (SSSR count). The zero-order chi connectivity index (χ0) is 21.5. The number of benzene rings is 4. The minimum Gasteiger partial charge on any atom is -0.456 e. The van der Waals surface area contributed by atoms with Crippen LogP contribution in [0.3, 0.4) is 0 Å². The number of aromatic nitrogens is 1. The first-order valence-electron chi connectivity index (χ1n) is 10.5. The highest BCUT2D eigenvalue weighted by Crippen LogP contribution is 2.35. The van der Waals surface area contributed by atoms with Crippen LogP contribution in [-0.4, -0.2) is 4.98 Å². The summed E-state index contributed by atoms with van der Waals surface area (Å²) < 4.78 is 19.4. The maximum absolute atomic E-state index is 13.3. The van der Waals surface area contributed by atoms with Crippen LogP contribution in [0.5, 0.6) is 0 Å². The fourth-order valence-corrected chi connectivity index (χ4v) is 4.16. The molecule has 0 radical (unpaired) electrons. The van der Waals surface area contributed by atoms with Gasteiger partial charge in [0.15, 0.2) is 0 Å². The molecule has 2 heterocycles. The maximum atomic E-state index is 13.3. The molecule has 0 aliphatic carbocycles. The molecule has 152 valence electrons. The summed E-state index contributed by atoms with van der Waals surface area (Å²) in [5.74, 6) is -0.240. The Bertz CT molecular complexity index is 1570. The van der Waals surface area contributed by atoms with Crippen LogP contribution in [0.4, 0.5) is 4.39 Å². The minimum absolute atomic E-state index is 0.240. The summed E-state index contributed by atoms with van der Waals surface area (Å²) in [5, 5.41) is 2.10. The predicted octanol–water partition coefficient (Wildman–Crippen LogP) is 8.12. The number of fused-ring (bicyclic) bond motifs is 3. The van der Waals surface area contributed by atoms with E-state index in [0.717, 1.165) is 49.9 Å². The van der Waals surface area contributed by atoms with Gasteiger partial charge in [-0.1, -0.05) is 48.5 Å². The molecule has 4 aromatic carbocycles. The van der Waals surface area contributed by atoms with E-state index < -0.39 is 0 Å². The third kappa shape index (κ3) is 3.25. The average molecular weight is 415 g/mol. The summed E-state index contributed by atoms with van der Waals surface area (Å²) in [6.07, 6.45) is 1.85. The lowest BCUT2D eigenvalue weighted by molar-refractivity contribution is 0.628. The third-order valence-corrected chi connectivity index (χ3v) is 5.81. The summed E-state index contributed by atoms with van der Waals surface area (Å²) in [6, 6.07) is 33.3. The van der Waals surface area contributed by atoms with Crippen molar-refractivity contribution in [3.05, 3.63) is 115 Å². The standard InChI is InChI=1S/C29H18FNO/c30-24-10-6-20(7-11-24)21-8-12-25-26-16-23(9-13-28(26)32-29(25)18-21)27-17-22(14-15-31-27)19-4-2-1-3-5-19/h1-18H. The van der Waals surface area contributed by atoms with E-state index in [0.29, 0.717) is 0 Å². The van der Waals surface area contributed by atoms with Gasteiger partial charge in [-0.05, 0) is 76.9 Å². The molecule has 2 nitrogen and oxygen atoms in total. The normalized spacial score (nSPS) is 11.3. The second-order valence-corrected chi connectivity index (χ2v) is 7.83. The van der Waals surface area contributed by atoms with E-state index in [1.807, 2.05) is 54.7 Å². The molecule has 0 unspecified atom stereocenters. The van der Waals surface area contributed by atoms with Crippen molar-refractivity contribution in [2.24, 2.45) is 0 Å². The van der Waals surface area contributed by atoms with Gasteiger partial charge in [0.2, 0.25) is 0 Å². The van der Waals surface area contributed by atoms with Gasteiger partial charge in [-0.3, -0.25) is 4.98 Å². The first kappa shape index (κ1) is 18.5. The number of hydrogen-bond acceptors (Lipinski definition) is 2. The summed E-state index contributed by atoms with van der Waals surface area (Å²) in [7, 11) is 0. The average Bonchev–Trinajstić information content (AvgIpc) is 3.22. The van der Waals surface area contributed by atoms with Crippen molar-refractivity contribution in [3.63, 3.8) is 0 Å². The van der Waals surface area contributed by atoms with Gasteiger partial charge in [0.05, 0.1) is 5.69 Å². The van der Waals surface area contributed by atoms with Crippen molar-refractivity contribution in [2.45, 2.75) is 0 Å². The lowest BCUT2D eigenvalue weighted by Gasteiger charge is -2.05. The van der Waals surface area contributed by atoms with E-state index >= 15 is 0 Å². The summed E-state index contributed by atoms with van der Waals surface area (Å²) in [6.45, 7) is 0. The summed E-state index contributed by atoms with van der Waals surface area (Å²) >= 11 is 0. The zero-order valence-electron chi connectivity index (χ0n) is 17.1. The van der Waals surface area contributed by atoms with Gasteiger partial charge >= 0.3 is 0 Å². The van der Waals surface area contributed by atoms with Crippen LogP contribution >= 0.6 is 0 Å². The fourth-order valence-electron chi connectivity index (χ4n) is 4.16. The number of hydrogen-bond donors (Lipinski definition) is 0. The van der Waals surface area contributed by atoms with E-state index in [2.05, 4.69) is 35.3 Å². The molecule has 2 aromatic heterocycles. The Morgan fingerprint density at radius 1 is 0.531 bits per heavy atom. The Labute approximate surface area is 184 Å². The molecule has 32 heavy (non-hydrogen) atoms. The van der Waals surface area contributed by atoms with E-state index in [-0.39, 0.29) is 5.82 Å². The van der Waals surface area contributed by atoms with E-state index in [4.69, 9.17) is 4.42 Å². The van der Waals surface area contributed by atoms with Crippen molar-refractivity contribution in [1.82, 2.24) is 4.98 Å². The van der Waals surface area contributed by atoms with Crippen molar-refractivity contribution in [2.75, 3.05) is 0 Å². The fraction of sp³-hybridized carbons (Fsp3) is 0. The van der Waals surface area contributed by atoms with Crippen LogP contribution in [0.2, 0.25) is 0 Å². The molecular weight excluding hydrogens is 397 g/mol. The first-order chi connectivity index (χ1) is 15.7. The van der Waals surface area contributed by atoms with Crippen molar-refractivity contribution >= 4 is 21.9 Å². The van der Waals surface area contributed by atoms with Crippen LogP contribution < -0.4 is 0 Å². The lowest BCUT2D eigenvalue weighted by atomic mass is 10.0. The number of furan rings is 1. The largest absolute Gasteiger partial charge is 0.456 e. The monoisotopic (exact) mass is 415 g/mol. The third-order valence-electron chi connectivity index (χ3n) is 5.81. The summed E-state index contributed by atoms with van der Waals surface area (Å²) in [5.41, 5.74) is 7.86. The Morgan fingerprint density at radius 2 is 1.25 bits per heavy atom. The molecule has 0 aliphatic rings. The smallest absolute Gasteiger partial charge is 0.136 e. The Hall–Kier alpha value is -4.24. The van der Waals surface area contributed by atoms with E-state index in [9.17, 15) is 4.39 Å². The number of rotatable bonds is 3. The summed E-state index contributed by atoms with van der Waals surface area (Å²) in [4.78, 5) is 4.61. The van der Waals surface area contributed by atoms with Crippen LogP contribution in [-0.2, 0) is 0 Å². The molecule has 0 bridgehead atoms. The van der Waals surface area contributed by atoms with Crippen molar-refractivity contribution in [1.29, 1.82) is 0 Å². The number of nitrogens with zero attached hydrogens (tertiary/aromatic N) is 1. The maximum Gasteiger partial charge on any atom is 0.136 e. The topological polar surface area (TPSA) is 26.0 Å². The highest BCUT2D eigenvalue weighted by atomic mass is 19.1. The minimum atomic E-state index is -0.240. The first-order valence-corrected chi connectivity index (χ1v) is 10.5. The lowest BCUT2D eigenvalue weighted by Crippen LogP contribution is -1.85. The molecule has 0 N–H and O–H groups in total. The SMILES string of the molecule is Fc1ccc(-c2ccc3c(c2)oc2ccc(-c4cc(-c5ccccc5)ccn4)cc23)cc1. The Balaban J connectivity index is 1.43. The molecule has 0 amide bonds. The van der Waals surface area contributed by atoms with Crippen molar-refractivity contribution in [3.8, 4) is 33.5 Å². The molecule has 0 saturated carbocycles.